The molecule has 0 bridgehead atoms. The molecule has 2 aromatic carbocycles. The summed E-state index contributed by atoms with van der Waals surface area (Å²) in [6.07, 6.45) is 0.974. The Morgan fingerprint density at radius 1 is 1.11 bits per heavy atom. The van der Waals surface area contributed by atoms with E-state index in [1.54, 1.807) is 7.11 Å². The lowest BCUT2D eigenvalue weighted by molar-refractivity contribution is 0.133. The molecule has 4 aromatic rings. The zero-order chi connectivity index (χ0) is 24.8. The molecule has 4 heterocycles. The van der Waals surface area contributed by atoms with Gasteiger partial charge in [0.2, 0.25) is 6.79 Å². The predicted octanol–water partition coefficient (Wildman–Crippen LogP) is 5.54. The van der Waals surface area contributed by atoms with Crippen LogP contribution in [0.2, 0.25) is 5.02 Å². The molecule has 0 saturated carbocycles. The molecule has 2 aliphatic rings. The van der Waals surface area contributed by atoms with Gasteiger partial charge in [-0.25, -0.2) is 4.98 Å². The van der Waals surface area contributed by atoms with Crippen molar-refractivity contribution in [3.05, 3.63) is 63.9 Å². The summed E-state index contributed by atoms with van der Waals surface area (Å²) in [6.45, 7) is 6.95. The Hall–Kier alpha value is -3.49. The van der Waals surface area contributed by atoms with E-state index in [1.165, 1.54) is 0 Å². The van der Waals surface area contributed by atoms with Crippen molar-refractivity contribution in [1.29, 1.82) is 0 Å². The topological polar surface area (TPSA) is 70.4 Å². The number of aromatic nitrogens is 3. The van der Waals surface area contributed by atoms with Crippen molar-refractivity contribution < 1.29 is 18.9 Å². The van der Waals surface area contributed by atoms with Gasteiger partial charge in [0, 0.05) is 24.2 Å². The maximum Gasteiger partial charge on any atom is 0.231 e. The van der Waals surface area contributed by atoms with E-state index in [0.29, 0.717) is 30.5 Å². The normalized spacial score (nSPS) is 13.9. The molecule has 9 heteroatoms. The lowest BCUT2D eigenvalue weighted by Crippen LogP contribution is -2.27. The van der Waals surface area contributed by atoms with Gasteiger partial charge in [0.05, 0.1) is 42.3 Å². The van der Waals surface area contributed by atoms with Gasteiger partial charge in [0.15, 0.2) is 17.1 Å². The van der Waals surface area contributed by atoms with Crippen molar-refractivity contribution in [2.45, 2.75) is 40.0 Å². The first-order chi connectivity index (χ1) is 17.6. The number of aryl methyl sites for hydroxylation is 1. The van der Waals surface area contributed by atoms with Crippen LogP contribution in [0, 0.1) is 6.92 Å². The molecule has 2 aromatic heterocycles. The molecule has 36 heavy (non-hydrogen) atoms. The van der Waals surface area contributed by atoms with Crippen molar-refractivity contribution in [3.8, 4) is 28.4 Å². The number of hydrogen-bond acceptors (Lipinski definition) is 7. The van der Waals surface area contributed by atoms with E-state index in [4.69, 9.17) is 40.6 Å². The van der Waals surface area contributed by atoms with E-state index >= 15 is 0 Å². The first kappa shape index (κ1) is 22.9. The summed E-state index contributed by atoms with van der Waals surface area (Å²) in [4.78, 5) is 7.37. The third kappa shape index (κ3) is 3.81. The van der Waals surface area contributed by atoms with E-state index in [2.05, 4.69) is 24.0 Å². The monoisotopic (exact) mass is 506 g/mol. The molecular weight excluding hydrogens is 480 g/mol. The molecule has 0 amide bonds. The van der Waals surface area contributed by atoms with E-state index < -0.39 is 0 Å². The quantitative estimate of drug-likeness (QED) is 0.326. The lowest BCUT2D eigenvalue weighted by atomic mass is 10.1. The van der Waals surface area contributed by atoms with Gasteiger partial charge in [-0.3, -0.25) is 0 Å². The number of benzene rings is 2. The predicted molar refractivity (Wildman–Crippen MR) is 137 cm³/mol. The molecule has 6 rings (SSSR count). The minimum atomic E-state index is 0.260. The fourth-order valence-electron chi connectivity index (χ4n) is 4.99. The Morgan fingerprint density at radius 2 is 1.97 bits per heavy atom. The third-order valence-electron chi connectivity index (χ3n) is 6.63. The van der Waals surface area contributed by atoms with Crippen molar-refractivity contribution in [1.82, 2.24) is 14.6 Å². The summed E-state index contributed by atoms with van der Waals surface area (Å²) >= 11 is 6.69. The average molecular weight is 507 g/mol. The van der Waals surface area contributed by atoms with Crippen molar-refractivity contribution in [2.75, 3.05) is 25.3 Å². The Bertz CT molecular complexity index is 1470. The molecule has 0 saturated heterocycles. The first-order valence-corrected chi connectivity index (χ1v) is 12.4. The van der Waals surface area contributed by atoms with Crippen LogP contribution < -0.4 is 19.1 Å². The third-order valence-corrected chi connectivity index (χ3v) is 6.94. The van der Waals surface area contributed by atoms with Gasteiger partial charge < -0.3 is 23.8 Å². The molecule has 0 atom stereocenters. The Labute approximate surface area is 214 Å². The highest BCUT2D eigenvalue weighted by atomic mass is 35.5. The van der Waals surface area contributed by atoms with E-state index in [0.717, 1.165) is 69.6 Å². The molecule has 0 fully saturated rings. The van der Waals surface area contributed by atoms with E-state index in [9.17, 15) is 0 Å². The van der Waals surface area contributed by atoms with E-state index in [-0.39, 0.29) is 6.79 Å². The number of fused-ring (bicyclic) bond motifs is 3. The Morgan fingerprint density at radius 3 is 2.78 bits per heavy atom. The second-order valence-corrected chi connectivity index (χ2v) is 9.41. The smallest absolute Gasteiger partial charge is 0.231 e. The highest BCUT2D eigenvalue weighted by Crippen LogP contribution is 2.40. The highest BCUT2D eigenvalue weighted by molar-refractivity contribution is 6.33. The second kappa shape index (κ2) is 9.19. The first-order valence-electron chi connectivity index (χ1n) is 12.0. The van der Waals surface area contributed by atoms with E-state index in [1.807, 2.05) is 35.7 Å². The summed E-state index contributed by atoms with van der Waals surface area (Å²) in [5, 5.41) is 5.57. The summed E-state index contributed by atoms with van der Waals surface area (Å²) in [5.74, 6) is 3.28. The summed E-state index contributed by atoms with van der Waals surface area (Å²) in [6, 6.07) is 11.8. The summed E-state index contributed by atoms with van der Waals surface area (Å²) < 4.78 is 24.3. The Balaban J connectivity index is 1.51. The number of rotatable bonds is 7. The van der Waals surface area contributed by atoms with Gasteiger partial charge in [-0.15, -0.1) is 0 Å². The molecule has 2 aliphatic heterocycles. The summed E-state index contributed by atoms with van der Waals surface area (Å²) in [7, 11) is 1.63. The largest absolute Gasteiger partial charge is 0.497 e. The van der Waals surface area contributed by atoms with Crippen LogP contribution in [0.1, 0.15) is 35.9 Å². The molecule has 0 radical (unpaired) electrons. The molecule has 186 valence electrons. The minimum Gasteiger partial charge on any atom is -0.497 e. The average Bonchev–Trinajstić information content (AvgIpc) is 3.60. The maximum atomic E-state index is 6.69. The van der Waals surface area contributed by atoms with Crippen LogP contribution in [0.3, 0.4) is 0 Å². The minimum absolute atomic E-state index is 0.260. The number of ether oxygens (including phenoxy) is 4. The fourth-order valence-corrected chi connectivity index (χ4v) is 5.26. The van der Waals surface area contributed by atoms with Crippen LogP contribution in [0.5, 0.6) is 17.2 Å². The van der Waals surface area contributed by atoms with Crippen molar-refractivity contribution >= 4 is 23.1 Å². The Kier molecular flexibility index (Phi) is 5.85. The number of methoxy groups -OCH3 is 1. The number of anilines is 1. The number of halogens is 1. The van der Waals surface area contributed by atoms with Crippen LogP contribution in [0.4, 0.5) is 5.82 Å². The maximum absolute atomic E-state index is 6.69. The molecule has 8 nitrogen and oxygen atoms in total. The van der Waals surface area contributed by atoms with Gasteiger partial charge in [-0.05, 0) is 49.2 Å². The molecular formula is C27H27ClN4O4. The molecule has 0 aliphatic carbocycles. The zero-order valence-electron chi connectivity index (χ0n) is 20.5. The van der Waals surface area contributed by atoms with Crippen molar-refractivity contribution in [3.63, 3.8) is 0 Å². The number of nitrogens with zero attached hydrogens (tertiary/aromatic N) is 4. The highest BCUT2D eigenvalue weighted by Gasteiger charge is 2.28. The van der Waals surface area contributed by atoms with Gasteiger partial charge in [0.25, 0.3) is 0 Å². The van der Waals surface area contributed by atoms with Gasteiger partial charge in [-0.2, -0.15) is 9.61 Å². The standard InChI is InChI=1S/C27H27ClN4O4/c1-4-9-31(12-17-5-8-23-24(10-17)36-15-35-23)27-20-13-34-14-22(20)29-26-25(16(2)30-32(26)27)19-7-6-18(33-3)11-21(19)28/h5-8,10-11H,4,9,12-15H2,1-3H3. The zero-order valence-corrected chi connectivity index (χ0v) is 21.3. The molecule has 0 N–H and O–H groups in total. The molecule has 0 unspecified atom stereocenters. The summed E-state index contributed by atoms with van der Waals surface area (Å²) in [5.41, 5.74) is 6.57. The van der Waals surface area contributed by atoms with Crippen LogP contribution in [0.25, 0.3) is 16.8 Å². The van der Waals surface area contributed by atoms with Crippen LogP contribution in [-0.2, 0) is 24.5 Å². The van der Waals surface area contributed by atoms with Crippen LogP contribution in [-0.4, -0.2) is 35.0 Å². The fraction of sp³-hybridized carbons (Fsp3) is 0.333. The molecule has 0 spiro atoms. The van der Waals surface area contributed by atoms with Gasteiger partial charge >= 0.3 is 0 Å². The SMILES string of the molecule is CCCN(Cc1ccc2c(c1)OCO2)c1c2c(nc3c(-c4ccc(OC)cc4Cl)c(C)nn13)COC2. The van der Waals surface area contributed by atoms with Crippen molar-refractivity contribution in [2.24, 2.45) is 0 Å². The second-order valence-electron chi connectivity index (χ2n) is 9.00. The lowest BCUT2D eigenvalue weighted by Gasteiger charge is -2.27. The van der Waals surface area contributed by atoms with Crippen LogP contribution >= 0.6 is 11.6 Å². The van der Waals surface area contributed by atoms with Crippen LogP contribution in [0.15, 0.2) is 36.4 Å². The number of hydrogen-bond donors (Lipinski definition) is 0. The van der Waals surface area contributed by atoms with Gasteiger partial charge in [-0.1, -0.05) is 24.6 Å². The van der Waals surface area contributed by atoms with Gasteiger partial charge in [0.1, 0.15) is 11.6 Å².